The van der Waals surface area contributed by atoms with Gasteiger partial charge in [0, 0.05) is 36.1 Å². The predicted octanol–water partition coefficient (Wildman–Crippen LogP) is 4.06. The molecule has 1 aromatic carbocycles. The third kappa shape index (κ3) is 6.30. The van der Waals surface area contributed by atoms with E-state index >= 15 is 0 Å². The number of amides is 1. The molecule has 2 aromatic rings. The van der Waals surface area contributed by atoms with Crippen LogP contribution in [0.4, 0.5) is 10.2 Å². The number of thioether (sulfide) groups is 1. The molecule has 2 unspecified atom stereocenters. The van der Waals surface area contributed by atoms with Crippen LogP contribution in [0.5, 0.6) is 6.01 Å². The SMILES string of the molecule is C=CC(=O)N1CCN(c2nc(OCC3CCCN3C)nc3c2CC[C@@H](Sc2ccc(F)cc2CC)C3=O)CC1CC#N. The molecule has 2 aliphatic heterocycles. The van der Waals surface area contributed by atoms with Crippen molar-refractivity contribution >= 4 is 29.3 Å². The van der Waals surface area contributed by atoms with E-state index in [1.54, 1.807) is 11.0 Å². The highest BCUT2D eigenvalue weighted by Gasteiger charge is 2.37. The zero-order valence-corrected chi connectivity index (χ0v) is 25.0. The number of halogens is 1. The monoisotopic (exact) mass is 592 g/mol. The number of ether oxygens (including phenoxy) is 1. The molecule has 3 heterocycles. The number of hydrogen-bond donors (Lipinski definition) is 0. The van der Waals surface area contributed by atoms with Gasteiger partial charge < -0.3 is 19.4 Å². The average Bonchev–Trinajstić information content (AvgIpc) is 3.42. The topological polar surface area (TPSA) is 103 Å². The van der Waals surface area contributed by atoms with Gasteiger partial charge in [-0.2, -0.15) is 15.2 Å². The molecule has 9 nitrogen and oxygen atoms in total. The maximum atomic E-state index is 14.0. The first kappa shape index (κ1) is 30.0. The number of ketones is 1. The lowest BCUT2D eigenvalue weighted by Gasteiger charge is -2.41. The number of fused-ring (bicyclic) bond motifs is 1. The maximum absolute atomic E-state index is 14.0. The Bertz CT molecular complexity index is 1400. The molecule has 1 aromatic heterocycles. The molecule has 0 radical (unpaired) electrons. The summed E-state index contributed by atoms with van der Waals surface area (Å²) in [6.45, 7) is 8.34. The fourth-order valence-corrected chi connectivity index (χ4v) is 7.33. The van der Waals surface area contributed by atoms with Gasteiger partial charge in [0.25, 0.3) is 0 Å². The normalized spacial score (nSPS) is 22.5. The molecule has 42 heavy (non-hydrogen) atoms. The van der Waals surface area contributed by atoms with Crippen molar-refractivity contribution in [1.82, 2.24) is 19.8 Å². The standard InChI is InChI=1S/C31H37FN6O3S/c1-4-20-17-21(32)8-10-25(20)42-26-11-9-24-28(29(26)40)34-31(41-19-23-7-6-14-36(23)3)35-30(24)37-15-16-38(27(39)5-2)22(18-37)12-13-33/h5,8,10,17,22-23,26H,2,4,6-7,9,11-12,14-16,18-19H2,1,3H3/t22?,23?,26-/m1/s1. The zero-order valence-electron chi connectivity index (χ0n) is 24.2. The molecular weight excluding hydrogens is 555 g/mol. The summed E-state index contributed by atoms with van der Waals surface area (Å²) in [6, 6.07) is 7.01. The second kappa shape index (κ2) is 13.2. The summed E-state index contributed by atoms with van der Waals surface area (Å²) in [4.78, 5) is 42.8. The number of carbonyl (C=O) groups excluding carboxylic acids is 2. The third-order valence-corrected chi connectivity index (χ3v) is 9.85. The van der Waals surface area contributed by atoms with Crippen LogP contribution in [0.3, 0.4) is 0 Å². The number of hydrogen-bond acceptors (Lipinski definition) is 9. The number of nitriles is 1. The molecule has 0 N–H and O–H groups in total. The number of likely N-dealkylation sites (N-methyl/N-ethyl adjacent to an activating group) is 1. The Morgan fingerprint density at radius 2 is 2.10 bits per heavy atom. The second-order valence-corrected chi connectivity index (χ2v) is 12.3. The average molecular weight is 593 g/mol. The second-order valence-electron chi connectivity index (χ2n) is 11.1. The van der Waals surface area contributed by atoms with Crippen LogP contribution in [0.1, 0.15) is 54.2 Å². The predicted molar refractivity (Wildman–Crippen MR) is 159 cm³/mol. The lowest BCUT2D eigenvalue weighted by Crippen LogP contribution is -2.55. The molecule has 2 fully saturated rings. The van der Waals surface area contributed by atoms with Crippen LogP contribution in [0, 0.1) is 17.1 Å². The van der Waals surface area contributed by atoms with Gasteiger partial charge in [-0.25, -0.2) is 4.39 Å². The summed E-state index contributed by atoms with van der Waals surface area (Å²) in [7, 11) is 2.07. The smallest absolute Gasteiger partial charge is 0.319 e. The van der Waals surface area contributed by atoms with Crippen LogP contribution in [0.25, 0.3) is 0 Å². The van der Waals surface area contributed by atoms with Gasteiger partial charge in [-0.3, -0.25) is 9.59 Å². The number of anilines is 1. The van der Waals surface area contributed by atoms with E-state index in [1.165, 1.54) is 30.0 Å². The van der Waals surface area contributed by atoms with E-state index in [4.69, 9.17) is 9.72 Å². The lowest BCUT2D eigenvalue weighted by atomic mass is 9.94. The fraction of sp³-hybridized carbons (Fsp3) is 0.516. The molecular formula is C31H37FN6O3S. The molecule has 3 atom stereocenters. The van der Waals surface area contributed by atoms with Gasteiger partial charge in [0.2, 0.25) is 5.91 Å². The van der Waals surface area contributed by atoms with Gasteiger partial charge >= 0.3 is 6.01 Å². The van der Waals surface area contributed by atoms with E-state index in [9.17, 15) is 19.2 Å². The van der Waals surface area contributed by atoms with Crippen molar-refractivity contribution in [2.45, 2.75) is 67.7 Å². The van der Waals surface area contributed by atoms with E-state index in [1.807, 2.05) is 6.92 Å². The Morgan fingerprint density at radius 3 is 2.81 bits per heavy atom. The number of benzene rings is 1. The Labute approximate surface area is 250 Å². The minimum absolute atomic E-state index is 0.0897. The van der Waals surface area contributed by atoms with Gasteiger partial charge in [-0.15, -0.1) is 11.8 Å². The minimum Gasteiger partial charge on any atom is -0.462 e. The van der Waals surface area contributed by atoms with Gasteiger partial charge in [0.15, 0.2) is 5.78 Å². The molecule has 0 bridgehead atoms. The minimum atomic E-state index is -0.363. The van der Waals surface area contributed by atoms with Crippen LogP contribution < -0.4 is 9.64 Å². The first-order chi connectivity index (χ1) is 20.3. The maximum Gasteiger partial charge on any atom is 0.319 e. The van der Waals surface area contributed by atoms with Crippen LogP contribution in [-0.2, 0) is 17.6 Å². The Morgan fingerprint density at radius 1 is 1.26 bits per heavy atom. The van der Waals surface area contributed by atoms with Crippen LogP contribution in [-0.4, -0.2) is 88.6 Å². The highest BCUT2D eigenvalue weighted by Crippen LogP contribution is 2.38. The first-order valence-electron chi connectivity index (χ1n) is 14.6. The van der Waals surface area contributed by atoms with Gasteiger partial charge in [0.1, 0.15) is 23.9 Å². The molecule has 3 aliphatic rings. The number of carbonyl (C=O) groups is 2. The van der Waals surface area contributed by atoms with E-state index in [0.29, 0.717) is 57.0 Å². The number of aryl methyl sites for hydroxylation is 1. The Kier molecular flexibility index (Phi) is 9.43. The number of Topliss-reactive ketones (excluding diaryl/α,β-unsaturated/α-hetero) is 1. The van der Waals surface area contributed by atoms with Crippen LogP contribution >= 0.6 is 11.8 Å². The van der Waals surface area contributed by atoms with Crippen LogP contribution in [0.2, 0.25) is 0 Å². The summed E-state index contributed by atoms with van der Waals surface area (Å²) >= 11 is 1.46. The van der Waals surface area contributed by atoms with Crippen molar-refractivity contribution in [3.05, 3.63) is 53.5 Å². The summed E-state index contributed by atoms with van der Waals surface area (Å²) in [5.41, 5.74) is 2.01. The molecule has 0 saturated carbocycles. The number of piperazine rings is 1. The van der Waals surface area contributed by atoms with E-state index in [-0.39, 0.29) is 47.3 Å². The number of nitrogens with zero attached hydrogens (tertiary/aromatic N) is 6. The van der Waals surface area contributed by atoms with Crippen molar-refractivity contribution < 1.29 is 18.7 Å². The van der Waals surface area contributed by atoms with Crippen molar-refractivity contribution in [1.29, 1.82) is 5.26 Å². The van der Waals surface area contributed by atoms with E-state index in [2.05, 4.69) is 34.5 Å². The summed E-state index contributed by atoms with van der Waals surface area (Å²) in [5.74, 6) is 0.0594. The third-order valence-electron chi connectivity index (χ3n) is 8.46. The lowest BCUT2D eigenvalue weighted by molar-refractivity contribution is -0.128. The highest BCUT2D eigenvalue weighted by atomic mass is 32.2. The summed E-state index contributed by atoms with van der Waals surface area (Å²) < 4.78 is 20.0. The number of rotatable bonds is 9. The molecule has 0 spiro atoms. The fourth-order valence-electron chi connectivity index (χ4n) is 6.07. The van der Waals surface area contributed by atoms with E-state index < -0.39 is 0 Å². The zero-order chi connectivity index (χ0) is 29.8. The molecule has 1 amide bonds. The highest BCUT2D eigenvalue weighted by molar-refractivity contribution is 8.00. The quantitative estimate of drug-likeness (QED) is 0.399. The summed E-state index contributed by atoms with van der Waals surface area (Å²) in [6.07, 6.45) is 5.44. The Balaban J connectivity index is 1.46. The number of likely N-dealkylation sites (tertiary alicyclic amines) is 1. The van der Waals surface area contributed by atoms with Crippen molar-refractivity contribution in [3.8, 4) is 12.1 Å². The van der Waals surface area contributed by atoms with Crippen molar-refractivity contribution in [2.24, 2.45) is 0 Å². The van der Waals surface area contributed by atoms with Gasteiger partial charge in [0.05, 0.1) is 23.8 Å². The molecule has 1 aliphatic carbocycles. The first-order valence-corrected chi connectivity index (χ1v) is 15.5. The van der Waals surface area contributed by atoms with Gasteiger partial charge in [-0.1, -0.05) is 13.5 Å². The largest absolute Gasteiger partial charge is 0.462 e. The number of aromatic nitrogens is 2. The van der Waals surface area contributed by atoms with Crippen molar-refractivity contribution in [2.75, 3.05) is 44.7 Å². The summed E-state index contributed by atoms with van der Waals surface area (Å²) in [5, 5.41) is 9.10. The molecule has 5 rings (SSSR count). The van der Waals surface area contributed by atoms with E-state index in [0.717, 1.165) is 35.4 Å². The molecule has 11 heteroatoms. The van der Waals surface area contributed by atoms with Gasteiger partial charge in [-0.05, 0) is 75.5 Å². The molecule has 222 valence electrons. The Hall–Kier alpha value is -3.49. The van der Waals surface area contributed by atoms with Crippen LogP contribution in [0.15, 0.2) is 35.7 Å². The molecule has 2 saturated heterocycles. The van der Waals surface area contributed by atoms with Crippen molar-refractivity contribution in [3.63, 3.8) is 0 Å².